The maximum atomic E-state index is 10.3. The summed E-state index contributed by atoms with van der Waals surface area (Å²) in [6.45, 7) is 5.85. The smallest absolute Gasteiger partial charge is 0.0605 e. The molecular formula is C13H25NO. The summed E-state index contributed by atoms with van der Waals surface area (Å²) in [6, 6.07) is 0. The van der Waals surface area contributed by atoms with Gasteiger partial charge in [0.2, 0.25) is 0 Å². The highest BCUT2D eigenvalue weighted by Gasteiger charge is 2.63. The second-order valence-electron chi connectivity index (χ2n) is 6.42. The minimum absolute atomic E-state index is 0.0498. The number of rotatable bonds is 3. The SMILES string of the molecule is CN(C)CC[C@]12CCC(C[C@H]1O)C2(C)C. The van der Waals surface area contributed by atoms with Crippen molar-refractivity contribution in [1.82, 2.24) is 4.90 Å². The minimum atomic E-state index is -0.0498. The van der Waals surface area contributed by atoms with Crippen molar-refractivity contribution in [3.8, 4) is 0 Å². The van der Waals surface area contributed by atoms with Crippen LogP contribution in [0.1, 0.15) is 39.5 Å². The minimum Gasteiger partial charge on any atom is -0.393 e. The molecule has 2 aliphatic rings. The Balaban J connectivity index is 2.16. The average Bonchev–Trinajstić information content (AvgIpc) is 2.47. The van der Waals surface area contributed by atoms with Gasteiger partial charge in [0, 0.05) is 5.41 Å². The molecule has 0 aliphatic heterocycles. The molecular weight excluding hydrogens is 186 g/mol. The maximum Gasteiger partial charge on any atom is 0.0605 e. The Morgan fingerprint density at radius 3 is 2.40 bits per heavy atom. The summed E-state index contributed by atoms with van der Waals surface area (Å²) in [7, 11) is 4.24. The monoisotopic (exact) mass is 211 g/mol. The number of hydrogen-bond donors (Lipinski definition) is 1. The van der Waals surface area contributed by atoms with Gasteiger partial charge < -0.3 is 10.0 Å². The van der Waals surface area contributed by atoms with E-state index in [9.17, 15) is 5.11 Å². The molecule has 2 saturated carbocycles. The number of aliphatic hydroxyl groups excluding tert-OH is 1. The molecule has 1 unspecified atom stereocenters. The van der Waals surface area contributed by atoms with Gasteiger partial charge in [-0.2, -0.15) is 0 Å². The summed E-state index contributed by atoms with van der Waals surface area (Å²) < 4.78 is 0. The predicted octanol–water partition coefficient (Wildman–Crippen LogP) is 2.13. The predicted molar refractivity (Wildman–Crippen MR) is 62.7 cm³/mol. The third-order valence-corrected chi connectivity index (χ3v) is 5.39. The molecule has 0 spiro atoms. The first-order valence-electron chi connectivity index (χ1n) is 6.23. The second kappa shape index (κ2) is 3.46. The van der Waals surface area contributed by atoms with Crippen LogP contribution in [-0.2, 0) is 0 Å². The van der Waals surface area contributed by atoms with Crippen molar-refractivity contribution >= 4 is 0 Å². The van der Waals surface area contributed by atoms with E-state index in [2.05, 4.69) is 32.8 Å². The van der Waals surface area contributed by atoms with Crippen molar-refractivity contribution in [2.45, 2.75) is 45.6 Å². The number of hydrogen-bond acceptors (Lipinski definition) is 2. The number of nitrogens with zero attached hydrogens (tertiary/aromatic N) is 1. The first-order chi connectivity index (χ1) is 6.90. The fraction of sp³-hybridized carbons (Fsp3) is 1.00. The Morgan fingerprint density at radius 1 is 1.33 bits per heavy atom. The summed E-state index contributed by atoms with van der Waals surface area (Å²) in [4.78, 5) is 2.24. The Labute approximate surface area is 93.7 Å². The van der Waals surface area contributed by atoms with Gasteiger partial charge in [-0.25, -0.2) is 0 Å². The van der Waals surface area contributed by atoms with Gasteiger partial charge in [-0.3, -0.25) is 0 Å². The number of aliphatic hydroxyl groups is 1. The molecule has 2 rings (SSSR count). The van der Waals surface area contributed by atoms with E-state index in [0.717, 1.165) is 25.3 Å². The molecule has 0 amide bonds. The summed E-state index contributed by atoms with van der Waals surface area (Å²) in [5, 5.41) is 10.3. The van der Waals surface area contributed by atoms with E-state index in [1.54, 1.807) is 0 Å². The van der Waals surface area contributed by atoms with Gasteiger partial charge in [-0.05, 0) is 57.7 Å². The van der Waals surface area contributed by atoms with Crippen LogP contribution in [-0.4, -0.2) is 36.8 Å². The summed E-state index contributed by atoms with van der Waals surface area (Å²) in [6.07, 6.45) is 4.72. The van der Waals surface area contributed by atoms with Crippen molar-refractivity contribution < 1.29 is 5.11 Å². The zero-order valence-corrected chi connectivity index (χ0v) is 10.6. The first-order valence-corrected chi connectivity index (χ1v) is 6.23. The van der Waals surface area contributed by atoms with Crippen LogP contribution >= 0.6 is 0 Å². The van der Waals surface area contributed by atoms with Gasteiger partial charge in [0.05, 0.1) is 6.10 Å². The molecule has 1 N–H and O–H groups in total. The van der Waals surface area contributed by atoms with Crippen molar-refractivity contribution in [3.63, 3.8) is 0 Å². The van der Waals surface area contributed by atoms with Gasteiger partial charge in [0.15, 0.2) is 0 Å². The van der Waals surface area contributed by atoms with E-state index in [1.807, 2.05) is 0 Å². The lowest BCUT2D eigenvalue weighted by atomic mass is 9.66. The van der Waals surface area contributed by atoms with Gasteiger partial charge in [0.25, 0.3) is 0 Å². The van der Waals surface area contributed by atoms with E-state index in [0.29, 0.717) is 5.41 Å². The van der Waals surface area contributed by atoms with Crippen LogP contribution in [0.2, 0.25) is 0 Å². The van der Waals surface area contributed by atoms with Gasteiger partial charge in [-0.1, -0.05) is 13.8 Å². The highest BCUT2D eigenvalue weighted by Crippen LogP contribution is 2.67. The lowest BCUT2D eigenvalue weighted by molar-refractivity contribution is -0.0144. The largest absolute Gasteiger partial charge is 0.393 e. The second-order valence-corrected chi connectivity index (χ2v) is 6.42. The average molecular weight is 211 g/mol. The quantitative estimate of drug-likeness (QED) is 0.773. The van der Waals surface area contributed by atoms with Crippen molar-refractivity contribution in [1.29, 1.82) is 0 Å². The van der Waals surface area contributed by atoms with Crippen LogP contribution in [0.5, 0.6) is 0 Å². The molecule has 2 fully saturated rings. The third kappa shape index (κ3) is 1.45. The highest BCUT2D eigenvalue weighted by molar-refractivity contribution is 5.12. The van der Waals surface area contributed by atoms with Crippen LogP contribution < -0.4 is 0 Å². The highest BCUT2D eigenvalue weighted by atomic mass is 16.3. The lowest BCUT2D eigenvalue weighted by Crippen LogP contribution is -2.40. The Morgan fingerprint density at radius 2 is 2.00 bits per heavy atom. The van der Waals surface area contributed by atoms with Gasteiger partial charge in [0.1, 0.15) is 0 Å². The van der Waals surface area contributed by atoms with E-state index in [-0.39, 0.29) is 11.5 Å². The Kier molecular flexibility index (Phi) is 2.63. The molecule has 15 heavy (non-hydrogen) atoms. The van der Waals surface area contributed by atoms with Crippen LogP contribution in [0.3, 0.4) is 0 Å². The summed E-state index contributed by atoms with van der Waals surface area (Å²) in [5.74, 6) is 0.759. The Hall–Kier alpha value is -0.0800. The van der Waals surface area contributed by atoms with Gasteiger partial charge >= 0.3 is 0 Å². The zero-order chi connectivity index (χ0) is 11.3. The third-order valence-electron chi connectivity index (χ3n) is 5.39. The van der Waals surface area contributed by atoms with Crippen molar-refractivity contribution in [2.75, 3.05) is 20.6 Å². The fourth-order valence-electron chi connectivity index (χ4n) is 4.06. The Bertz CT molecular complexity index is 249. The normalized spacial score (nSPS) is 42.8. The maximum absolute atomic E-state index is 10.3. The van der Waals surface area contributed by atoms with Crippen LogP contribution in [0.25, 0.3) is 0 Å². The molecule has 2 bridgehead atoms. The van der Waals surface area contributed by atoms with Crippen LogP contribution in [0.4, 0.5) is 0 Å². The molecule has 0 heterocycles. The number of fused-ring (bicyclic) bond motifs is 2. The van der Waals surface area contributed by atoms with Gasteiger partial charge in [-0.15, -0.1) is 0 Å². The van der Waals surface area contributed by atoms with Crippen molar-refractivity contribution in [3.05, 3.63) is 0 Å². The lowest BCUT2D eigenvalue weighted by Gasteiger charge is -2.41. The molecule has 0 radical (unpaired) electrons. The molecule has 2 nitrogen and oxygen atoms in total. The molecule has 0 aromatic carbocycles. The molecule has 3 atom stereocenters. The van der Waals surface area contributed by atoms with Crippen molar-refractivity contribution in [2.24, 2.45) is 16.7 Å². The molecule has 0 aromatic rings. The molecule has 88 valence electrons. The van der Waals surface area contributed by atoms with E-state index < -0.39 is 0 Å². The first kappa shape index (κ1) is 11.4. The summed E-state index contributed by atoms with van der Waals surface area (Å²) in [5.41, 5.74) is 0.560. The van der Waals surface area contributed by atoms with E-state index in [4.69, 9.17) is 0 Å². The fourth-order valence-corrected chi connectivity index (χ4v) is 4.06. The standard InChI is InChI=1S/C13H25NO/c1-12(2)10-5-6-13(12,11(15)9-10)7-8-14(3)4/h10-11,15H,5-9H2,1-4H3/t10?,11-,13-/m1/s1. The van der Waals surface area contributed by atoms with E-state index >= 15 is 0 Å². The van der Waals surface area contributed by atoms with Crippen LogP contribution in [0.15, 0.2) is 0 Å². The molecule has 2 heteroatoms. The van der Waals surface area contributed by atoms with E-state index in [1.165, 1.54) is 12.8 Å². The summed E-state index contributed by atoms with van der Waals surface area (Å²) >= 11 is 0. The van der Waals surface area contributed by atoms with Crippen LogP contribution in [0, 0.1) is 16.7 Å². The molecule has 0 aromatic heterocycles. The zero-order valence-electron chi connectivity index (χ0n) is 10.6. The topological polar surface area (TPSA) is 23.5 Å². The molecule has 2 aliphatic carbocycles. The molecule has 0 saturated heterocycles.